The number of rotatable bonds is 3. The zero-order chi connectivity index (χ0) is 24.8. The maximum atomic E-state index is 13.8. The van der Waals surface area contributed by atoms with E-state index in [1.54, 1.807) is 19.1 Å². The molecule has 1 amide bonds. The number of nitrogens with zero attached hydrogens (tertiary/aromatic N) is 5. The van der Waals surface area contributed by atoms with Crippen molar-refractivity contribution in [2.45, 2.75) is 20.0 Å². The van der Waals surface area contributed by atoms with Crippen molar-refractivity contribution in [1.29, 1.82) is 0 Å². The number of carbonyl (C=O) groups is 1. The van der Waals surface area contributed by atoms with E-state index in [9.17, 15) is 22.4 Å². The fourth-order valence-electron chi connectivity index (χ4n) is 4.25. The van der Waals surface area contributed by atoms with Gasteiger partial charge in [0.1, 0.15) is 18.0 Å². The van der Waals surface area contributed by atoms with E-state index in [-0.39, 0.29) is 35.7 Å². The van der Waals surface area contributed by atoms with Crippen LogP contribution in [0.25, 0.3) is 22.2 Å². The third-order valence-corrected chi connectivity index (χ3v) is 5.83. The molecule has 11 heteroatoms. The maximum absolute atomic E-state index is 13.8. The molecule has 1 saturated heterocycles. The Kier molecular flexibility index (Phi) is 5.88. The van der Waals surface area contributed by atoms with Crippen molar-refractivity contribution >= 4 is 28.4 Å². The van der Waals surface area contributed by atoms with E-state index in [0.29, 0.717) is 35.4 Å². The Morgan fingerprint density at radius 3 is 2.35 bits per heavy atom. The van der Waals surface area contributed by atoms with Crippen molar-refractivity contribution in [3.63, 3.8) is 0 Å². The summed E-state index contributed by atoms with van der Waals surface area (Å²) >= 11 is 0. The van der Waals surface area contributed by atoms with Crippen molar-refractivity contribution < 1.29 is 22.4 Å². The molecule has 0 spiro atoms. The second-order valence-electron chi connectivity index (χ2n) is 8.15. The number of hydrogen-bond acceptors (Lipinski definition) is 6. The first-order valence-corrected chi connectivity index (χ1v) is 10.5. The minimum absolute atomic E-state index is 0.00764. The quantitative estimate of drug-likeness (QED) is 0.455. The number of nitrogens with two attached hydrogens (primary N) is 1. The number of aromatic nitrogens is 3. The molecule has 4 rings (SSSR count). The van der Waals surface area contributed by atoms with Crippen LogP contribution in [0.2, 0.25) is 0 Å². The molecule has 1 aromatic carbocycles. The number of amides is 1. The van der Waals surface area contributed by atoms with Crippen molar-refractivity contribution in [3.05, 3.63) is 53.6 Å². The van der Waals surface area contributed by atoms with Gasteiger partial charge in [0.05, 0.1) is 16.8 Å². The monoisotopic (exact) mass is 474 g/mol. The van der Waals surface area contributed by atoms with E-state index in [1.807, 2.05) is 4.90 Å². The highest BCUT2D eigenvalue weighted by molar-refractivity contribution is 5.94. The van der Waals surface area contributed by atoms with Crippen LogP contribution >= 0.6 is 0 Å². The second-order valence-corrected chi connectivity index (χ2v) is 8.15. The molecule has 0 radical (unpaired) electrons. The molecule has 1 fully saturated rings. The average Bonchev–Trinajstić information content (AvgIpc) is 2.76. The molecule has 34 heavy (non-hydrogen) atoms. The Morgan fingerprint density at radius 1 is 1.06 bits per heavy atom. The second kappa shape index (κ2) is 8.54. The van der Waals surface area contributed by atoms with Crippen molar-refractivity contribution in [1.82, 2.24) is 19.9 Å². The Morgan fingerprint density at radius 2 is 1.74 bits per heavy atom. The number of pyridine rings is 1. The molecule has 0 saturated carbocycles. The van der Waals surface area contributed by atoms with Crippen LogP contribution in [0.3, 0.4) is 0 Å². The SMILES string of the molecule is C=C(F)C(=O)N1CCN(c2ncnc3cc(-c4nc(N)cc(C)c4C(F)(F)F)c(C)cc23)CC1. The van der Waals surface area contributed by atoms with Gasteiger partial charge in [-0.25, -0.2) is 19.3 Å². The standard InChI is InChI=1S/C23H22F4N6O/c1-12-8-16-17(10-15(12)20-19(23(25,26)27)13(2)9-18(28)31-20)29-11-30-21(16)32-4-6-33(7-5-32)22(34)14(3)24/h8-11H,3-7H2,1-2H3,(H2,28,31). The number of nitrogen functional groups attached to an aromatic ring is 1. The van der Waals surface area contributed by atoms with E-state index in [1.165, 1.54) is 24.2 Å². The molecular weight excluding hydrogens is 452 g/mol. The van der Waals surface area contributed by atoms with Crippen LogP contribution < -0.4 is 10.6 Å². The lowest BCUT2D eigenvalue weighted by Gasteiger charge is -2.35. The number of carbonyl (C=O) groups excluding carboxylic acids is 1. The molecule has 1 aliphatic heterocycles. The predicted molar refractivity (Wildman–Crippen MR) is 121 cm³/mol. The first kappa shape index (κ1) is 23.4. The van der Waals surface area contributed by atoms with Crippen LogP contribution in [0.15, 0.2) is 36.9 Å². The summed E-state index contributed by atoms with van der Waals surface area (Å²) in [6.45, 7) is 7.46. The van der Waals surface area contributed by atoms with E-state index in [4.69, 9.17) is 5.73 Å². The van der Waals surface area contributed by atoms with Crippen LogP contribution in [0, 0.1) is 13.8 Å². The topological polar surface area (TPSA) is 88.2 Å². The number of benzene rings is 1. The zero-order valence-electron chi connectivity index (χ0n) is 18.6. The highest BCUT2D eigenvalue weighted by atomic mass is 19.4. The number of hydrogen-bond donors (Lipinski definition) is 1. The fourth-order valence-corrected chi connectivity index (χ4v) is 4.25. The van der Waals surface area contributed by atoms with Gasteiger partial charge in [-0.1, -0.05) is 6.58 Å². The fraction of sp³-hybridized carbons (Fsp3) is 0.304. The summed E-state index contributed by atoms with van der Waals surface area (Å²) in [4.78, 5) is 27.8. The smallest absolute Gasteiger partial charge is 0.384 e. The summed E-state index contributed by atoms with van der Waals surface area (Å²) in [5, 5.41) is 0.646. The van der Waals surface area contributed by atoms with Gasteiger partial charge in [0, 0.05) is 37.1 Å². The highest BCUT2D eigenvalue weighted by Crippen LogP contribution is 2.41. The first-order valence-electron chi connectivity index (χ1n) is 10.5. The van der Waals surface area contributed by atoms with E-state index in [0.717, 1.165) is 0 Å². The first-order chi connectivity index (χ1) is 16.0. The summed E-state index contributed by atoms with van der Waals surface area (Å²) in [6.07, 6.45) is -3.28. The summed E-state index contributed by atoms with van der Waals surface area (Å²) in [6, 6.07) is 4.48. The van der Waals surface area contributed by atoms with Crippen molar-refractivity contribution in [3.8, 4) is 11.3 Å². The molecule has 178 valence electrons. The summed E-state index contributed by atoms with van der Waals surface area (Å²) in [7, 11) is 0. The summed E-state index contributed by atoms with van der Waals surface area (Å²) < 4.78 is 54.7. The van der Waals surface area contributed by atoms with Crippen LogP contribution in [0.5, 0.6) is 0 Å². The molecule has 2 aromatic heterocycles. The number of piperazine rings is 1. The molecule has 3 aromatic rings. The molecule has 3 heterocycles. The molecule has 2 N–H and O–H groups in total. The normalized spacial score (nSPS) is 14.5. The molecule has 0 atom stereocenters. The number of fused-ring (bicyclic) bond motifs is 1. The average molecular weight is 474 g/mol. The minimum Gasteiger partial charge on any atom is -0.384 e. The van der Waals surface area contributed by atoms with E-state index >= 15 is 0 Å². The molecule has 1 aliphatic rings. The molecule has 0 aliphatic carbocycles. The minimum atomic E-state index is -4.61. The van der Waals surface area contributed by atoms with Crippen molar-refractivity contribution in [2.24, 2.45) is 0 Å². The van der Waals surface area contributed by atoms with Crippen molar-refractivity contribution in [2.75, 3.05) is 36.8 Å². The Hall–Kier alpha value is -3.76. The van der Waals surface area contributed by atoms with Gasteiger partial charge in [-0.3, -0.25) is 4.79 Å². The predicted octanol–water partition coefficient (Wildman–Crippen LogP) is 4.04. The van der Waals surface area contributed by atoms with Gasteiger partial charge in [-0.15, -0.1) is 0 Å². The third kappa shape index (κ3) is 4.25. The van der Waals surface area contributed by atoms with Gasteiger partial charge >= 0.3 is 6.18 Å². The van der Waals surface area contributed by atoms with E-state index < -0.39 is 23.5 Å². The Labute approximate surface area is 192 Å². The van der Waals surface area contributed by atoms with Crippen LogP contribution in [-0.2, 0) is 11.0 Å². The van der Waals surface area contributed by atoms with Crippen LogP contribution in [0.1, 0.15) is 16.7 Å². The number of aryl methyl sites for hydroxylation is 2. The summed E-state index contributed by atoms with van der Waals surface area (Å²) in [5.41, 5.74) is 5.94. The van der Waals surface area contributed by atoms with Crippen LogP contribution in [0.4, 0.5) is 29.2 Å². The summed E-state index contributed by atoms with van der Waals surface area (Å²) in [5.74, 6) is -1.17. The van der Waals surface area contributed by atoms with Gasteiger partial charge in [0.2, 0.25) is 0 Å². The van der Waals surface area contributed by atoms with Gasteiger partial charge in [0.25, 0.3) is 5.91 Å². The molecule has 0 unspecified atom stereocenters. The number of anilines is 2. The maximum Gasteiger partial charge on any atom is 0.418 e. The van der Waals surface area contributed by atoms with Crippen LogP contribution in [-0.4, -0.2) is 51.9 Å². The number of alkyl halides is 3. The lowest BCUT2D eigenvalue weighted by atomic mass is 9.96. The highest BCUT2D eigenvalue weighted by Gasteiger charge is 2.37. The largest absolute Gasteiger partial charge is 0.418 e. The van der Waals surface area contributed by atoms with E-state index in [2.05, 4.69) is 21.5 Å². The Balaban J connectivity index is 1.76. The third-order valence-electron chi connectivity index (χ3n) is 5.83. The van der Waals surface area contributed by atoms with Gasteiger partial charge < -0.3 is 15.5 Å². The van der Waals surface area contributed by atoms with Gasteiger partial charge in [-0.05, 0) is 43.2 Å². The lowest BCUT2D eigenvalue weighted by molar-refractivity contribution is -0.137. The molecule has 0 bridgehead atoms. The zero-order valence-corrected chi connectivity index (χ0v) is 18.6. The Bertz CT molecular complexity index is 1300. The van der Waals surface area contributed by atoms with Gasteiger partial charge in [0.15, 0.2) is 5.83 Å². The van der Waals surface area contributed by atoms with Gasteiger partial charge in [-0.2, -0.15) is 13.2 Å². The lowest BCUT2D eigenvalue weighted by Crippen LogP contribution is -2.49. The molecule has 7 nitrogen and oxygen atoms in total. The molecular formula is C23H22F4N6O. The number of halogens is 4.